The molecule has 1 N–H and O–H groups in total. The van der Waals surface area contributed by atoms with Crippen LogP contribution in [0.15, 0.2) is 48.5 Å². The van der Waals surface area contributed by atoms with Crippen molar-refractivity contribution >= 4 is 27.9 Å². The number of nitrogens with one attached hydrogen (secondary N) is 1. The van der Waals surface area contributed by atoms with Gasteiger partial charge in [0.1, 0.15) is 5.01 Å². The van der Waals surface area contributed by atoms with E-state index < -0.39 is 11.7 Å². The zero-order valence-corrected chi connectivity index (χ0v) is 16.6. The second kappa shape index (κ2) is 7.86. The molecule has 6 nitrogen and oxygen atoms in total. The maximum Gasteiger partial charge on any atom is 0.416 e. The van der Waals surface area contributed by atoms with Crippen LogP contribution in [0, 0.1) is 6.92 Å². The number of nitrogens with zero attached hydrogens (tertiary/aromatic N) is 4. The zero-order chi connectivity index (χ0) is 21.3. The first-order valence-corrected chi connectivity index (χ1v) is 9.86. The molecular formula is C20H16F3N5OS. The first-order chi connectivity index (χ1) is 14.3. The van der Waals surface area contributed by atoms with Crippen LogP contribution < -0.4 is 5.32 Å². The highest BCUT2D eigenvalue weighted by Gasteiger charge is 2.30. The molecule has 2 aromatic heterocycles. The molecule has 0 unspecified atom stereocenters. The van der Waals surface area contributed by atoms with E-state index in [1.165, 1.54) is 17.4 Å². The molecule has 0 fully saturated rings. The number of alkyl halides is 3. The topological polar surface area (TPSA) is 72.2 Å². The molecule has 4 aromatic rings. The van der Waals surface area contributed by atoms with Crippen LogP contribution in [0.25, 0.3) is 15.5 Å². The Morgan fingerprint density at radius 2 is 1.93 bits per heavy atom. The first kappa shape index (κ1) is 20.0. The normalized spacial score (nSPS) is 11.7. The summed E-state index contributed by atoms with van der Waals surface area (Å²) in [5.41, 5.74) is 1.15. The van der Waals surface area contributed by atoms with Gasteiger partial charge in [-0.2, -0.15) is 22.8 Å². The SMILES string of the molecule is Cc1nnc2sc(-c3cccc(NC(=O)CCc4cccc(C(F)(F)F)c4)c3)nn12. The smallest absolute Gasteiger partial charge is 0.326 e. The summed E-state index contributed by atoms with van der Waals surface area (Å²) >= 11 is 1.38. The number of halogens is 3. The van der Waals surface area contributed by atoms with Gasteiger partial charge >= 0.3 is 6.18 Å². The first-order valence-electron chi connectivity index (χ1n) is 9.05. The zero-order valence-electron chi connectivity index (χ0n) is 15.8. The molecule has 0 spiro atoms. The van der Waals surface area contributed by atoms with Gasteiger partial charge < -0.3 is 5.32 Å². The van der Waals surface area contributed by atoms with Crippen LogP contribution in [0.3, 0.4) is 0 Å². The summed E-state index contributed by atoms with van der Waals surface area (Å²) in [4.78, 5) is 13.0. The number of benzene rings is 2. The number of anilines is 1. The second-order valence-electron chi connectivity index (χ2n) is 6.68. The molecule has 2 heterocycles. The molecule has 30 heavy (non-hydrogen) atoms. The van der Waals surface area contributed by atoms with Gasteiger partial charge in [0.25, 0.3) is 0 Å². The van der Waals surface area contributed by atoms with Crippen LogP contribution in [0.4, 0.5) is 18.9 Å². The van der Waals surface area contributed by atoms with Crippen molar-refractivity contribution in [3.63, 3.8) is 0 Å². The molecule has 154 valence electrons. The van der Waals surface area contributed by atoms with Crippen molar-refractivity contribution in [1.82, 2.24) is 19.8 Å². The summed E-state index contributed by atoms with van der Waals surface area (Å²) < 4.78 is 40.1. The largest absolute Gasteiger partial charge is 0.416 e. The lowest BCUT2D eigenvalue weighted by molar-refractivity contribution is -0.137. The molecular weight excluding hydrogens is 415 g/mol. The minimum atomic E-state index is -4.40. The fourth-order valence-corrected chi connectivity index (χ4v) is 3.83. The summed E-state index contributed by atoms with van der Waals surface area (Å²) in [5, 5.41) is 16.0. The van der Waals surface area contributed by atoms with Crippen molar-refractivity contribution in [1.29, 1.82) is 0 Å². The van der Waals surface area contributed by atoms with E-state index in [2.05, 4.69) is 20.6 Å². The maximum atomic E-state index is 12.8. The van der Waals surface area contributed by atoms with E-state index in [-0.39, 0.29) is 18.7 Å². The summed E-state index contributed by atoms with van der Waals surface area (Å²) in [7, 11) is 0. The van der Waals surface area contributed by atoms with E-state index in [1.54, 1.807) is 28.8 Å². The molecule has 0 bridgehead atoms. The standard InChI is InChI=1S/C20H16F3N5OS/c1-12-25-26-19-28(12)27-18(30-19)14-5-3-7-16(11-14)24-17(29)9-8-13-4-2-6-15(10-13)20(21,22)23/h2-7,10-11H,8-9H2,1H3,(H,24,29). The summed E-state index contributed by atoms with van der Waals surface area (Å²) in [6, 6.07) is 12.2. The molecule has 0 atom stereocenters. The number of carbonyl (C=O) groups is 1. The van der Waals surface area contributed by atoms with Crippen molar-refractivity contribution in [2.24, 2.45) is 0 Å². The van der Waals surface area contributed by atoms with Crippen molar-refractivity contribution in [3.05, 3.63) is 65.5 Å². The van der Waals surface area contributed by atoms with Crippen molar-refractivity contribution < 1.29 is 18.0 Å². The average molecular weight is 431 g/mol. The third kappa shape index (κ3) is 4.33. The Morgan fingerprint density at radius 1 is 1.13 bits per heavy atom. The van der Waals surface area contributed by atoms with Crippen molar-refractivity contribution in [3.8, 4) is 10.6 Å². The fraction of sp³-hybridized carbons (Fsp3) is 0.200. The summed E-state index contributed by atoms with van der Waals surface area (Å²) in [6.45, 7) is 1.81. The van der Waals surface area contributed by atoms with Gasteiger partial charge in [-0.3, -0.25) is 4.79 Å². The van der Waals surface area contributed by atoms with E-state index in [0.717, 1.165) is 22.7 Å². The van der Waals surface area contributed by atoms with Crippen LogP contribution in [0.2, 0.25) is 0 Å². The number of aryl methyl sites for hydroxylation is 2. The van der Waals surface area contributed by atoms with Gasteiger partial charge in [0.05, 0.1) is 5.56 Å². The minimum absolute atomic E-state index is 0.0709. The van der Waals surface area contributed by atoms with Gasteiger partial charge in [-0.15, -0.1) is 10.2 Å². The van der Waals surface area contributed by atoms with Crippen molar-refractivity contribution in [2.75, 3.05) is 5.32 Å². The number of amides is 1. The van der Waals surface area contributed by atoms with Gasteiger partial charge in [0, 0.05) is 17.7 Å². The molecule has 0 aliphatic rings. The Kier molecular flexibility index (Phi) is 5.25. The van der Waals surface area contributed by atoms with Crippen LogP contribution in [0.1, 0.15) is 23.4 Å². The van der Waals surface area contributed by atoms with E-state index in [4.69, 9.17) is 0 Å². The number of hydrogen-bond donors (Lipinski definition) is 1. The third-order valence-electron chi connectivity index (χ3n) is 4.44. The predicted octanol–water partition coefficient (Wildman–Crippen LogP) is 4.75. The van der Waals surface area contributed by atoms with Crippen LogP contribution in [-0.2, 0) is 17.4 Å². The molecule has 0 saturated carbocycles. The van der Waals surface area contributed by atoms with Crippen LogP contribution >= 0.6 is 11.3 Å². The highest BCUT2D eigenvalue weighted by Crippen LogP contribution is 2.30. The van der Waals surface area contributed by atoms with Gasteiger partial charge in [-0.1, -0.05) is 41.7 Å². The maximum absolute atomic E-state index is 12.8. The molecule has 0 radical (unpaired) electrons. The van der Waals surface area contributed by atoms with Crippen LogP contribution in [-0.4, -0.2) is 25.7 Å². The number of fused-ring (bicyclic) bond motifs is 1. The molecule has 2 aromatic carbocycles. The lowest BCUT2D eigenvalue weighted by Crippen LogP contribution is -2.12. The molecule has 4 rings (SSSR count). The van der Waals surface area contributed by atoms with E-state index in [1.807, 2.05) is 13.0 Å². The fourth-order valence-electron chi connectivity index (χ4n) is 2.95. The number of rotatable bonds is 5. The second-order valence-corrected chi connectivity index (χ2v) is 7.63. The summed E-state index contributed by atoms with van der Waals surface area (Å²) in [6.07, 6.45) is -4.11. The third-order valence-corrected chi connectivity index (χ3v) is 5.38. The number of hydrogen-bond acceptors (Lipinski definition) is 5. The molecule has 10 heteroatoms. The molecule has 0 saturated heterocycles. The van der Waals surface area contributed by atoms with E-state index in [9.17, 15) is 18.0 Å². The lowest BCUT2D eigenvalue weighted by Gasteiger charge is -2.09. The molecule has 0 aliphatic heterocycles. The molecule has 1 amide bonds. The minimum Gasteiger partial charge on any atom is -0.326 e. The lowest BCUT2D eigenvalue weighted by atomic mass is 10.1. The highest BCUT2D eigenvalue weighted by molar-refractivity contribution is 7.19. The Morgan fingerprint density at radius 3 is 2.70 bits per heavy atom. The quantitative estimate of drug-likeness (QED) is 0.495. The molecule has 0 aliphatic carbocycles. The Balaban J connectivity index is 1.42. The Hall–Kier alpha value is -3.27. The van der Waals surface area contributed by atoms with Crippen LogP contribution in [0.5, 0.6) is 0 Å². The Labute approximate surface area is 173 Å². The number of aromatic nitrogens is 4. The highest BCUT2D eigenvalue weighted by atomic mass is 32.1. The van der Waals surface area contributed by atoms with Crippen molar-refractivity contribution in [2.45, 2.75) is 25.9 Å². The van der Waals surface area contributed by atoms with Gasteiger partial charge in [-0.05, 0) is 37.1 Å². The van der Waals surface area contributed by atoms with E-state index >= 15 is 0 Å². The Bertz CT molecular complexity index is 1210. The van der Waals surface area contributed by atoms with E-state index in [0.29, 0.717) is 22.0 Å². The van der Waals surface area contributed by atoms with Gasteiger partial charge in [-0.25, -0.2) is 0 Å². The summed E-state index contributed by atoms with van der Waals surface area (Å²) in [5.74, 6) is 0.407. The number of carbonyl (C=O) groups excluding carboxylic acids is 1. The van der Waals surface area contributed by atoms with Gasteiger partial charge in [0.15, 0.2) is 5.82 Å². The predicted molar refractivity (Wildman–Crippen MR) is 107 cm³/mol. The van der Waals surface area contributed by atoms with Gasteiger partial charge in [0.2, 0.25) is 10.9 Å². The monoisotopic (exact) mass is 431 g/mol. The average Bonchev–Trinajstić information content (AvgIpc) is 3.28.